The summed E-state index contributed by atoms with van der Waals surface area (Å²) in [5.74, 6) is -9.42. The number of hydrazine groups is 2. The Hall–Kier alpha value is -3.47. The number of nitroso groups, excluding NO2 is 1. The summed E-state index contributed by atoms with van der Waals surface area (Å²) in [6.07, 6.45) is -10.9. The minimum absolute atomic E-state index is 0.0394. The maximum Gasteiger partial charge on any atom is 0.430 e. The second kappa shape index (κ2) is 9.32. The molecule has 22 heteroatoms. The van der Waals surface area contributed by atoms with Crippen LogP contribution in [0.15, 0.2) is 22.6 Å². The Morgan fingerprint density at radius 1 is 1.18 bits per heavy atom. The number of carboxylic acid groups (broad SMARTS) is 1. The van der Waals surface area contributed by atoms with E-state index < -0.39 is 92.7 Å². The van der Waals surface area contributed by atoms with Gasteiger partial charge in [-0.25, -0.2) is 4.79 Å². The molecule has 0 saturated heterocycles. The summed E-state index contributed by atoms with van der Waals surface area (Å²) in [6, 6.07) is -1.19. The number of rotatable bonds is 10. The first-order chi connectivity index (χ1) is 17.2. The Bertz CT molecular complexity index is 1220. The summed E-state index contributed by atoms with van der Waals surface area (Å²) < 4.78 is 117. The number of carboxylic acids is 1. The van der Waals surface area contributed by atoms with E-state index in [0.717, 1.165) is 14.0 Å². The number of esters is 1. The molecule has 2 rings (SSSR count). The summed E-state index contributed by atoms with van der Waals surface area (Å²) in [5.41, 5.74) is -3.45. The first-order valence-electron chi connectivity index (χ1n) is 9.77. The van der Waals surface area contributed by atoms with E-state index in [9.17, 15) is 62.4 Å². The zero-order valence-electron chi connectivity index (χ0n) is 19.2. The van der Waals surface area contributed by atoms with Crippen LogP contribution in [0.2, 0.25) is 0 Å². The molecule has 39 heavy (non-hydrogen) atoms. The topological polar surface area (TPSA) is 178 Å². The highest BCUT2D eigenvalue weighted by molar-refractivity contribution is 8.45. The summed E-state index contributed by atoms with van der Waals surface area (Å²) in [4.78, 5) is 35.9. The normalized spacial score (nSPS) is 18.4. The maximum atomic E-state index is 13.6. The molecule has 1 aliphatic heterocycles. The van der Waals surface area contributed by atoms with Crippen LogP contribution >= 0.6 is 10.2 Å². The highest BCUT2D eigenvalue weighted by atomic mass is 32.5. The first-order valence-corrected chi connectivity index (χ1v) is 11.7. The summed E-state index contributed by atoms with van der Waals surface area (Å²) in [6.45, 7) is -0.0383. The van der Waals surface area contributed by atoms with E-state index in [1.54, 1.807) is 0 Å². The zero-order chi connectivity index (χ0) is 30.4. The van der Waals surface area contributed by atoms with Crippen molar-refractivity contribution in [2.75, 3.05) is 13.6 Å². The molecule has 1 aliphatic rings. The van der Waals surface area contributed by atoms with Crippen LogP contribution in [0.4, 0.5) is 32.6 Å². The third kappa shape index (κ3) is 8.01. The van der Waals surface area contributed by atoms with Crippen molar-refractivity contribution in [2.45, 2.75) is 36.4 Å². The van der Waals surface area contributed by atoms with Crippen molar-refractivity contribution in [3.05, 3.63) is 33.7 Å². The van der Waals surface area contributed by atoms with E-state index in [2.05, 4.69) is 14.3 Å². The average Bonchev–Trinajstić information content (AvgIpc) is 2.72. The molecular formula is C17H18F8N3O10S+. The van der Waals surface area contributed by atoms with Crippen molar-refractivity contribution in [2.24, 2.45) is 0 Å². The van der Waals surface area contributed by atoms with Gasteiger partial charge in [0.2, 0.25) is 12.4 Å². The molecule has 1 heterocycles. The Kier molecular flexibility index (Phi) is 7.59. The number of carbonyl (C=O) groups is 2. The summed E-state index contributed by atoms with van der Waals surface area (Å²) >= 11 is 0. The Labute approximate surface area is 210 Å². The van der Waals surface area contributed by atoms with Crippen molar-refractivity contribution in [1.29, 1.82) is 0 Å². The quantitative estimate of drug-likeness (QED) is 0.0861. The second-order valence-corrected chi connectivity index (χ2v) is 10.2. The highest BCUT2D eigenvalue weighted by Crippen LogP contribution is 3.02. The van der Waals surface area contributed by atoms with E-state index in [4.69, 9.17) is 5.11 Å². The Morgan fingerprint density at radius 3 is 2.21 bits per heavy atom. The van der Waals surface area contributed by atoms with Gasteiger partial charge in [0.25, 0.3) is 4.98 Å². The number of nitrogens with zero attached hydrogens (tertiary/aromatic N) is 2. The van der Waals surface area contributed by atoms with Crippen molar-refractivity contribution in [1.82, 2.24) is 10.6 Å². The third-order valence-electron chi connectivity index (χ3n) is 4.50. The minimum atomic E-state index is -10.7. The van der Waals surface area contributed by atoms with Crippen LogP contribution in [0.5, 0.6) is 5.75 Å². The lowest BCUT2D eigenvalue weighted by Gasteiger charge is -2.41. The van der Waals surface area contributed by atoms with Gasteiger partial charge in [-0.15, -0.1) is 5.01 Å². The summed E-state index contributed by atoms with van der Waals surface area (Å²) in [5, 5.41) is 37.0. The van der Waals surface area contributed by atoms with E-state index in [1.807, 2.05) is 0 Å². The highest BCUT2D eigenvalue weighted by Gasteiger charge is 2.66. The van der Waals surface area contributed by atoms with Crippen LogP contribution in [0, 0.1) is 4.91 Å². The molecule has 2 atom stereocenters. The molecule has 2 unspecified atom stereocenters. The number of halogens is 8. The smallest absolute Gasteiger partial charge is 0.430 e. The SMILES string of the molecule is CC(ON[N+](=O)N(C)CC(=O)O)OC(=O)C1=Cc2cc(S(F)(F)(F)(F)F)cc(C(O)(O)O)c2OC1C(F)(F)F. The van der Waals surface area contributed by atoms with Gasteiger partial charge in [0.05, 0.1) is 23.1 Å². The largest absolute Gasteiger partial charge is 0.480 e. The van der Waals surface area contributed by atoms with Gasteiger partial charge in [-0.1, -0.05) is 19.4 Å². The van der Waals surface area contributed by atoms with Gasteiger partial charge in [0, 0.05) is 18.1 Å². The predicted octanol–water partition coefficient (Wildman–Crippen LogP) is 2.17. The van der Waals surface area contributed by atoms with Gasteiger partial charge >= 0.3 is 34.3 Å². The Balaban J connectivity index is 2.49. The molecule has 222 valence electrons. The molecule has 0 amide bonds. The molecule has 13 nitrogen and oxygen atoms in total. The standard InChI is InChI=1S/C17H17F8N3O10S/c1-7(38-26-28(35)27(2)6-12(29)30)36-15(31)10-4-8-3-9(39(21,22,23,24)25)5-11(17(32,33)34)13(8)37-14(10)16(18,19)20/h3-5,7,14,32-34H,6H2,1-2H3,(H-,26,29,30,35)/p+1. The lowest BCUT2D eigenvalue weighted by molar-refractivity contribution is -0.786. The number of aliphatic hydroxyl groups is 3. The van der Waals surface area contributed by atoms with Crippen molar-refractivity contribution < 1.29 is 81.9 Å². The molecule has 1 aromatic carbocycles. The van der Waals surface area contributed by atoms with Crippen molar-refractivity contribution >= 4 is 28.2 Å². The van der Waals surface area contributed by atoms with Gasteiger partial charge < -0.3 is 29.9 Å². The number of benzene rings is 1. The van der Waals surface area contributed by atoms with Crippen LogP contribution in [0.1, 0.15) is 18.1 Å². The fourth-order valence-corrected chi connectivity index (χ4v) is 3.55. The number of aliphatic carboxylic acids is 1. The van der Waals surface area contributed by atoms with Crippen LogP contribution in [-0.4, -0.2) is 74.5 Å². The minimum Gasteiger partial charge on any atom is -0.480 e. The monoisotopic (exact) mass is 608 g/mol. The molecule has 5 N–H and O–H groups in total. The van der Waals surface area contributed by atoms with Gasteiger partial charge in [0.15, 0.2) is 6.54 Å². The molecule has 0 radical (unpaired) electrons. The molecule has 0 aliphatic carbocycles. The summed E-state index contributed by atoms with van der Waals surface area (Å²) in [7, 11) is -9.70. The molecular weight excluding hydrogens is 590 g/mol. The van der Waals surface area contributed by atoms with Gasteiger partial charge in [0.1, 0.15) is 10.6 Å². The number of ether oxygens (including phenoxy) is 2. The van der Waals surface area contributed by atoms with Crippen LogP contribution in [-0.2, 0) is 25.1 Å². The lowest BCUT2D eigenvalue weighted by Crippen LogP contribution is -2.45. The molecule has 0 saturated carbocycles. The zero-order valence-corrected chi connectivity index (χ0v) is 20.0. The number of fused-ring (bicyclic) bond motifs is 1. The molecule has 0 bridgehead atoms. The van der Waals surface area contributed by atoms with Gasteiger partial charge in [-0.3, -0.25) is 4.79 Å². The molecule has 0 fully saturated rings. The van der Waals surface area contributed by atoms with E-state index in [0.29, 0.717) is 5.01 Å². The number of nitrogens with one attached hydrogen (secondary N) is 1. The number of carbonyl (C=O) groups excluding carboxylic acids is 1. The fourth-order valence-electron chi connectivity index (χ4n) is 2.86. The van der Waals surface area contributed by atoms with Crippen molar-refractivity contribution in [3.8, 4) is 5.75 Å². The molecule has 1 aromatic rings. The average molecular weight is 608 g/mol. The van der Waals surface area contributed by atoms with E-state index in [-0.39, 0.29) is 11.1 Å². The molecule has 0 spiro atoms. The first kappa shape index (κ1) is 31.7. The number of hydrogen-bond acceptors (Lipinski definition) is 9. The van der Waals surface area contributed by atoms with E-state index in [1.165, 1.54) is 5.59 Å². The van der Waals surface area contributed by atoms with Crippen LogP contribution < -0.4 is 10.3 Å². The number of alkyl halides is 3. The third-order valence-corrected chi connectivity index (χ3v) is 5.63. The van der Waals surface area contributed by atoms with Gasteiger partial charge in [-0.05, 0) is 18.2 Å². The van der Waals surface area contributed by atoms with Crippen molar-refractivity contribution in [3.63, 3.8) is 0 Å². The van der Waals surface area contributed by atoms with Crippen LogP contribution in [0.25, 0.3) is 6.08 Å². The van der Waals surface area contributed by atoms with Crippen LogP contribution in [0.3, 0.4) is 0 Å². The second-order valence-electron chi connectivity index (χ2n) is 7.80. The predicted molar refractivity (Wildman–Crippen MR) is 108 cm³/mol. The number of likely N-dealkylation sites (N-methyl/N-ethyl adjacent to an activating group) is 1. The maximum absolute atomic E-state index is 13.6. The van der Waals surface area contributed by atoms with Gasteiger partial charge in [-0.2, -0.15) is 18.0 Å². The van der Waals surface area contributed by atoms with E-state index >= 15 is 0 Å². The lowest BCUT2D eigenvalue weighted by atomic mass is 9.98. The molecule has 0 aromatic heterocycles. The Morgan fingerprint density at radius 2 is 1.74 bits per heavy atom. The fraction of sp³-hybridized carbons (Fsp3) is 0.412. The number of hydrogen-bond donors (Lipinski definition) is 5.